The average Bonchev–Trinajstić information content (AvgIpc) is 2.61. The molecule has 5 heteroatoms. The highest BCUT2D eigenvalue weighted by molar-refractivity contribution is 6.31. The van der Waals surface area contributed by atoms with Crippen LogP contribution in [0, 0.1) is 0 Å². The SMILES string of the molecule is C/C(=C\c1ccc2ccc(Cl)cc2n1)c1cccc(OC(C)C(=O)O)c1. The van der Waals surface area contributed by atoms with Crippen LogP contribution in [0.4, 0.5) is 0 Å². The number of hydrogen-bond donors (Lipinski definition) is 1. The molecule has 0 aliphatic heterocycles. The molecule has 1 unspecified atom stereocenters. The summed E-state index contributed by atoms with van der Waals surface area (Å²) in [5.41, 5.74) is 3.59. The van der Waals surface area contributed by atoms with Crippen LogP contribution in [-0.4, -0.2) is 22.2 Å². The van der Waals surface area contributed by atoms with Gasteiger partial charge in [0.25, 0.3) is 0 Å². The van der Waals surface area contributed by atoms with Gasteiger partial charge in [-0.1, -0.05) is 35.9 Å². The first-order valence-corrected chi connectivity index (χ1v) is 8.55. The van der Waals surface area contributed by atoms with Crippen LogP contribution in [0.5, 0.6) is 5.75 Å². The van der Waals surface area contributed by atoms with E-state index in [9.17, 15) is 4.79 Å². The number of allylic oxidation sites excluding steroid dienone is 1. The van der Waals surface area contributed by atoms with Crippen molar-refractivity contribution in [2.45, 2.75) is 20.0 Å². The number of benzene rings is 2. The second kappa shape index (κ2) is 7.58. The number of halogens is 1. The summed E-state index contributed by atoms with van der Waals surface area (Å²) in [6, 6.07) is 16.9. The van der Waals surface area contributed by atoms with E-state index in [1.54, 1.807) is 6.07 Å². The van der Waals surface area contributed by atoms with Crippen molar-refractivity contribution in [3.63, 3.8) is 0 Å². The van der Waals surface area contributed by atoms with E-state index in [1.165, 1.54) is 6.92 Å². The Labute approximate surface area is 156 Å². The standard InChI is InChI=1S/C21H18ClNO3/c1-13(16-4-3-5-19(11-16)26-14(2)21(24)25)10-18-9-7-15-6-8-17(22)12-20(15)23-18/h3-12,14H,1-2H3,(H,24,25)/b13-10+. The minimum absolute atomic E-state index is 0.517. The van der Waals surface area contributed by atoms with E-state index in [-0.39, 0.29) is 0 Å². The summed E-state index contributed by atoms with van der Waals surface area (Å²) in [5, 5.41) is 10.7. The van der Waals surface area contributed by atoms with Crippen LogP contribution in [0.25, 0.3) is 22.6 Å². The van der Waals surface area contributed by atoms with Crippen LogP contribution < -0.4 is 4.74 Å². The third-order valence-corrected chi connectivity index (χ3v) is 4.23. The van der Waals surface area contributed by atoms with E-state index < -0.39 is 12.1 Å². The number of fused-ring (bicyclic) bond motifs is 1. The summed E-state index contributed by atoms with van der Waals surface area (Å²) in [6.07, 6.45) is 1.07. The molecule has 0 spiro atoms. The molecule has 1 atom stereocenters. The van der Waals surface area contributed by atoms with Gasteiger partial charge in [-0.25, -0.2) is 9.78 Å². The van der Waals surface area contributed by atoms with Crippen molar-refractivity contribution in [2.75, 3.05) is 0 Å². The van der Waals surface area contributed by atoms with Gasteiger partial charge >= 0.3 is 5.97 Å². The van der Waals surface area contributed by atoms with Crippen molar-refractivity contribution in [1.82, 2.24) is 4.98 Å². The van der Waals surface area contributed by atoms with Crippen LogP contribution in [0.15, 0.2) is 54.6 Å². The lowest BCUT2D eigenvalue weighted by Crippen LogP contribution is -2.22. The Morgan fingerprint density at radius 2 is 1.96 bits per heavy atom. The van der Waals surface area contributed by atoms with E-state index in [0.29, 0.717) is 10.8 Å². The van der Waals surface area contributed by atoms with Gasteiger partial charge in [-0.2, -0.15) is 0 Å². The number of rotatable bonds is 5. The molecule has 0 saturated carbocycles. The second-order valence-electron chi connectivity index (χ2n) is 6.03. The van der Waals surface area contributed by atoms with E-state index in [4.69, 9.17) is 21.4 Å². The quantitative estimate of drug-likeness (QED) is 0.664. The summed E-state index contributed by atoms with van der Waals surface area (Å²) in [4.78, 5) is 15.6. The fraction of sp³-hybridized carbons (Fsp3) is 0.143. The predicted molar refractivity (Wildman–Crippen MR) is 104 cm³/mol. The minimum Gasteiger partial charge on any atom is -0.479 e. The van der Waals surface area contributed by atoms with Crippen LogP contribution in [0.1, 0.15) is 25.1 Å². The molecular weight excluding hydrogens is 350 g/mol. The summed E-state index contributed by atoms with van der Waals surface area (Å²) in [5.74, 6) is -0.481. The molecule has 3 rings (SSSR count). The van der Waals surface area contributed by atoms with Gasteiger partial charge in [0.2, 0.25) is 0 Å². The first kappa shape index (κ1) is 18.0. The maximum atomic E-state index is 10.9. The van der Waals surface area contributed by atoms with E-state index >= 15 is 0 Å². The normalized spacial score (nSPS) is 12.8. The van der Waals surface area contributed by atoms with Gasteiger partial charge < -0.3 is 9.84 Å². The van der Waals surface area contributed by atoms with Crippen LogP contribution in [-0.2, 0) is 4.79 Å². The van der Waals surface area contributed by atoms with E-state index in [2.05, 4.69) is 4.98 Å². The fourth-order valence-electron chi connectivity index (χ4n) is 2.56. The third-order valence-electron chi connectivity index (χ3n) is 3.99. The smallest absolute Gasteiger partial charge is 0.344 e. The second-order valence-corrected chi connectivity index (χ2v) is 6.46. The zero-order valence-corrected chi connectivity index (χ0v) is 15.2. The lowest BCUT2D eigenvalue weighted by atomic mass is 10.1. The minimum atomic E-state index is -0.998. The van der Waals surface area contributed by atoms with Crippen LogP contribution in [0.3, 0.4) is 0 Å². The molecule has 1 aromatic heterocycles. The van der Waals surface area contributed by atoms with E-state index in [1.807, 2.05) is 61.5 Å². The zero-order chi connectivity index (χ0) is 18.7. The summed E-state index contributed by atoms with van der Waals surface area (Å²) in [7, 11) is 0. The van der Waals surface area contributed by atoms with Gasteiger partial charge in [0, 0.05) is 10.4 Å². The molecule has 0 aliphatic rings. The lowest BCUT2D eigenvalue weighted by Gasteiger charge is -2.11. The number of ether oxygens (including phenoxy) is 1. The van der Waals surface area contributed by atoms with Gasteiger partial charge in [-0.15, -0.1) is 0 Å². The molecule has 4 nitrogen and oxygen atoms in total. The van der Waals surface area contributed by atoms with Crippen molar-refractivity contribution in [2.24, 2.45) is 0 Å². The van der Waals surface area contributed by atoms with Crippen LogP contribution in [0.2, 0.25) is 5.02 Å². The lowest BCUT2D eigenvalue weighted by molar-refractivity contribution is -0.144. The Hall–Kier alpha value is -2.85. The highest BCUT2D eigenvalue weighted by Gasteiger charge is 2.12. The molecule has 0 fully saturated rings. The molecule has 0 bridgehead atoms. The van der Waals surface area contributed by atoms with Crippen molar-refractivity contribution in [3.05, 3.63) is 70.9 Å². The molecule has 1 heterocycles. The Morgan fingerprint density at radius 3 is 2.73 bits per heavy atom. The summed E-state index contributed by atoms with van der Waals surface area (Å²) >= 11 is 6.04. The number of nitrogens with zero attached hydrogens (tertiary/aromatic N) is 1. The molecule has 0 radical (unpaired) electrons. The Balaban J connectivity index is 1.88. The maximum absolute atomic E-state index is 10.9. The number of carbonyl (C=O) groups is 1. The van der Waals surface area contributed by atoms with Gasteiger partial charge in [-0.05, 0) is 61.4 Å². The number of pyridine rings is 1. The molecule has 1 N–H and O–H groups in total. The fourth-order valence-corrected chi connectivity index (χ4v) is 2.73. The van der Waals surface area contributed by atoms with Crippen molar-refractivity contribution in [1.29, 1.82) is 0 Å². The Kier molecular flexibility index (Phi) is 5.24. The topological polar surface area (TPSA) is 59.4 Å². The molecule has 2 aromatic carbocycles. The Bertz CT molecular complexity index is 997. The number of aliphatic carboxylic acids is 1. The molecular formula is C21H18ClNO3. The first-order chi connectivity index (χ1) is 12.4. The number of aromatic nitrogens is 1. The highest BCUT2D eigenvalue weighted by Crippen LogP contribution is 2.24. The van der Waals surface area contributed by atoms with Crippen molar-refractivity contribution in [3.8, 4) is 5.75 Å². The molecule has 3 aromatic rings. The first-order valence-electron chi connectivity index (χ1n) is 8.17. The van der Waals surface area contributed by atoms with Gasteiger partial charge in [0.05, 0.1) is 11.2 Å². The van der Waals surface area contributed by atoms with Crippen molar-refractivity contribution < 1.29 is 14.6 Å². The number of hydrogen-bond acceptors (Lipinski definition) is 3. The maximum Gasteiger partial charge on any atom is 0.344 e. The monoisotopic (exact) mass is 367 g/mol. The van der Waals surface area contributed by atoms with Crippen molar-refractivity contribution >= 4 is 40.1 Å². The highest BCUT2D eigenvalue weighted by atomic mass is 35.5. The van der Waals surface area contributed by atoms with Gasteiger partial charge in [0.15, 0.2) is 6.10 Å². The molecule has 132 valence electrons. The molecule has 0 amide bonds. The predicted octanol–water partition coefficient (Wildman–Crippen LogP) is 5.30. The zero-order valence-electron chi connectivity index (χ0n) is 14.4. The largest absolute Gasteiger partial charge is 0.479 e. The average molecular weight is 368 g/mol. The third kappa shape index (κ3) is 4.21. The van der Waals surface area contributed by atoms with Gasteiger partial charge in [0.1, 0.15) is 5.75 Å². The van der Waals surface area contributed by atoms with Gasteiger partial charge in [-0.3, -0.25) is 0 Å². The van der Waals surface area contributed by atoms with E-state index in [0.717, 1.165) is 27.7 Å². The summed E-state index contributed by atoms with van der Waals surface area (Å²) in [6.45, 7) is 3.48. The summed E-state index contributed by atoms with van der Waals surface area (Å²) < 4.78 is 5.43. The molecule has 0 aliphatic carbocycles. The van der Waals surface area contributed by atoms with Crippen LogP contribution >= 0.6 is 11.6 Å². The number of carboxylic acids is 1. The number of carboxylic acid groups (broad SMARTS) is 1. The Morgan fingerprint density at radius 1 is 1.19 bits per heavy atom. The molecule has 26 heavy (non-hydrogen) atoms. The molecule has 0 saturated heterocycles.